The molecule has 0 aliphatic heterocycles. The third-order valence-corrected chi connectivity index (χ3v) is 10.6. The van der Waals surface area contributed by atoms with Gasteiger partial charge in [-0.2, -0.15) is 0 Å². The second-order valence-corrected chi connectivity index (χ2v) is 16.3. The molecule has 1 unspecified atom stereocenters. The molecular weight excluding hydrogens is 721 g/mol. The number of unbranched alkanes of at least 4 members (excludes halogenated alkanes) is 25. The molecule has 0 aromatic rings. The predicted molar refractivity (Wildman–Crippen MR) is 247 cm³/mol. The maximum absolute atomic E-state index is 12.8. The van der Waals surface area contributed by atoms with E-state index in [2.05, 4.69) is 69.4 Å². The van der Waals surface area contributed by atoms with E-state index in [1.165, 1.54) is 122 Å². The molecule has 0 aliphatic carbocycles. The van der Waals surface area contributed by atoms with E-state index >= 15 is 0 Å². The maximum Gasteiger partial charge on any atom is 0.306 e. The van der Waals surface area contributed by atoms with Crippen LogP contribution < -0.4 is 0 Å². The van der Waals surface area contributed by atoms with Crippen LogP contribution in [-0.4, -0.2) is 37.2 Å². The van der Waals surface area contributed by atoms with Gasteiger partial charge in [0.15, 0.2) is 6.10 Å². The molecule has 0 N–H and O–H groups in total. The average molecular weight is 813 g/mol. The predicted octanol–water partition coefficient (Wildman–Crippen LogP) is 15.9. The van der Waals surface area contributed by atoms with Crippen LogP contribution in [-0.2, 0) is 28.6 Å². The van der Waals surface area contributed by atoms with Gasteiger partial charge in [-0.3, -0.25) is 14.4 Å². The summed E-state index contributed by atoms with van der Waals surface area (Å²) in [6, 6.07) is 0. The first-order chi connectivity index (χ1) is 28.5. The lowest BCUT2D eigenvalue weighted by atomic mass is 10.0. The molecule has 6 nitrogen and oxygen atoms in total. The van der Waals surface area contributed by atoms with Crippen molar-refractivity contribution in [3.63, 3.8) is 0 Å². The summed E-state index contributed by atoms with van der Waals surface area (Å²) in [5.74, 6) is -0.930. The van der Waals surface area contributed by atoms with Gasteiger partial charge in [0.1, 0.15) is 13.2 Å². The number of esters is 3. The van der Waals surface area contributed by atoms with E-state index in [0.717, 1.165) is 83.5 Å². The van der Waals surface area contributed by atoms with Crippen LogP contribution in [0.25, 0.3) is 0 Å². The molecule has 58 heavy (non-hydrogen) atoms. The Labute approximate surface area is 358 Å². The van der Waals surface area contributed by atoms with Crippen LogP contribution in [0.5, 0.6) is 0 Å². The topological polar surface area (TPSA) is 78.9 Å². The number of hydrogen-bond donors (Lipinski definition) is 0. The summed E-state index contributed by atoms with van der Waals surface area (Å²) >= 11 is 0. The van der Waals surface area contributed by atoms with Crippen LogP contribution in [0.2, 0.25) is 0 Å². The van der Waals surface area contributed by atoms with Gasteiger partial charge in [-0.1, -0.05) is 204 Å². The first-order valence-corrected chi connectivity index (χ1v) is 24.6. The average Bonchev–Trinajstić information content (AvgIpc) is 3.22. The molecule has 0 bridgehead atoms. The third kappa shape index (κ3) is 44.5. The highest BCUT2D eigenvalue weighted by atomic mass is 16.6. The van der Waals surface area contributed by atoms with Gasteiger partial charge in [-0.25, -0.2) is 0 Å². The van der Waals surface area contributed by atoms with Gasteiger partial charge >= 0.3 is 17.9 Å². The van der Waals surface area contributed by atoms with Crippen LogP contribution in [0.15, 0.2) is 48.6 Å². The molecule has 336 valence electrons. The SMILES string of the molecule is CC/C=C\C/C=C\C/C=C\CCCCCCCCC(=O)OCC(COC(=O)CCC/C=C\CCCCCC)OC(=O)CCCCCCCCCCCCCCCCC. The number of rotatable bonds is 44. The summed E-state index contributed by atoms with van der Waals surface area (Å²) in [6.45, 7) is 6.46. The molecule has 0 rings (SSSR count). The van der Waals surface area contributed by atoms with Crippen molar-refractivity contribution in [2.45, 2.75) is 252 Å². The van der Waals surface area contributed by atoms with Crippen LogP contribution in [0.3, 0.4) is 0 Å². The Morgan fingerprint density at radius 3 is 1.16 bits per heavy atom. The fourth-order valence-corrected chi connectivity index (χ4v) is 6.87. The molecule has 0 heterocycles. The summed E-state index contributed by atoms with van der Waals surface area (Å²) in [4.78, 5) is 37.8. The molecule has 0 radical (unpaired) electrons. The third-order valence-electron chi connectivity index (χ3n) is 10.6. The normalized spacial score (nSPS) is 12.4. The molecule has 0 spiro atoms. The second-order valence-electron chi connectivity index (χ2n) is 16.3. The largest absolute Gasteiger partial charge is 0.462 e. The number of allylic oxidation sites excluding steroid dienone is 8. The van der Waals surface area contributed by atoms with Gasteiger partial charge in [0.2, 0.25) is 0 Å². The van der Waals surface area contributed by atoms with Crippen molar-refractivity contribution in [1.29, 1.82) is 0 Å². The van der Waals surface area contributed by atoms with Crippen molar-refractivity contribution < 1.29 is 28.6 Å². The molecule has 0 aromatic carbocycles. The zero-order valence-corrected chi connectivity index (χ0v) is 38.3. The fraction of sp³-hybridized carbons (Fsp3) is 0.788. The summed E-state index contributed by atoms with van der Waals surface area (Å²) in [5.41, 5.74) is 0. The van der Waals surface area contributed by atoms with E-state index in [1.54, 1.807) is 0 Å². The number of carbonyl (C=O) groups excluding carboxylic acids is 3. The van der Waals surface area contributed by atoms with E-state index < -0.39 is 6.10 Å². The van der Waals surface area contributed by atoms with E-state index in [1.807, 2.05) is 0 Å². The van der Waals surface area contributed by atoms with Crippen LogP contribution in [0, 0.1) is 0 Å². The second kappa shape index (κ2) is 47.1. The monoisotopic (exact) mass is 813 g/mol. The van der Waals surface area contributed by atoms with Crippen molar-refractivity contribution >= 4 is 17.9 Å². The van der Waals surface area contributed by atoms with Crippen molar-refractivity contribution in [3.8, 4) is 0 Å². The first kappa shape index (κ1) is 55.4. The van der Waals surface area contributed by atoms with Gasteiger partial charge in [-0.05, 0) is 70.6 Å². The van der Waals surface area contributed by atoms with Crippen LogP contribution in [0.1, 0.15) is 245 Å². The summed E-state index contributed by atoms with van der Waals surface area (Å²) in [5, 5.41) is 0. The minimum Gasteiger partial charge on any atom is -0.462 e. The van der Waals surface area contributed by atoms with Crippen LogP contribution >= 0.6 is 0 Å². The molecular formula is C52H92O6. The Balaban J connectivity index is 4.35. The number of hydrogen-bond acceptors (Lipinski definition) is 6. The Hall–Kier alpha value is -2.63. The molecule has 0 saturated carbocycles. The standard InChI is InChI=1S/C52H92O6/c1-4-7-10-13-16-19-21-23-25-27-28-30-33-36-39-42-45-51(54)57-48-49(47-56-50(53)44-41-38-35-32-18-15-12-9-6-3)58-52(55)46-43-40-37-34-31-29-26-24-22-20-17-14-11-8-5-2/h7,10,16,19,23,25,32,35,49H,4-6,8-9,11-15,17-18,20-22,24,26-31,33-34,36-48H2,1-3H3/b10-7-,19-16-,25-23-,35-32-. The van der Waals surface area contributed by atoms with E-state index in [4.69, 9.17) is 14.2 Å². The maximum atomic E-state index is 12.8. The van der Waals surface area contributed by atoms with Gasteiger partial charge in [0.05, 0.1) is 0 Å². The highest BCUT2D eigenvalue weighted by molar-refractivity contribution is 5.71. The molecule has 0 saturated heterocycles. The molecule has 0 aromatic heterocycles. The van der Waals surface area contributed by atoms with Crippen molar-refractivity contribution in [2.24, 2.45) is 0 Å². The molecule has 0 aliphatic rings. The van der Waals surface area contributed by atoms with E-state index in [-0.39, 0.29) is 31.1 Å². The van der Waals surface area contributed by atoms with Gasteiger partial charge < -0.3 is 14.2 Å². The van der Waals surface area contributed by atoms with E-state index in [9.17, 15) is 14.4 Å². The Morgan fingerprint density at radius 1 is 0.362 bits per heavy atom. The minimum atomic E-state index is -0.784. The molecule has 6 heteroatoms. The molecule has 1 atom stereocenters. The minimum absolute atomic E-state index is 0.0866. The summed E-state index contributed by atoms with van der Waals surface area (Å²) in [7, 11) is 0. The van der Waals surface area contributed by atoms with Gasteiger partial charge in [0, 0.05) is 19.3 Å². The lowest BCUT2D eigenvalue weighted by Crippen LogP contribution is -2.30. The fourth-order valence-electron chi connectivity index (χ4n) is 6.87. The van der Waals surface area contributed by atoms with Crippen molar-refractivity contribution in [1.82, 2.24) is 0 Å². The number of ether oxygens (including phenoxy) is 3. The molecule has 0 amide bonds. The molecule has 0 fully saturated rings. The zero-order chi connectivity index (χ0) is 42.3. The lowest BCUT2D eigenvalue weighted by Gasteiger charge is -2.18. The Kier molecular flexibility index (Phi) is 44.9. The van der Waals surface area contributed by atoms with Gasteiger partial charge in [0.25, 0.3) is 0 Å². The first-order valence-electron chi connectivity index (χ1n) is 24.6. The highest BCUT2D eigenvalue weighted by Crippen LogP contribution is 2.15. The quantitative estimate of drug-likeness (QED) is 0.0264. The Morgan fingerprint density at radius 2 is 0.690 bits per heavy atom. The summed E-state index contributed by atoms with van der Waals surface area (Å²) < 4.78 is 16.7. The van der Waals surface area contributed by atoms with Gasteiger partial charge in [-0.15, -0.1) is 0 Å². The van der Waals surface area contributed by atoms with Crippen molar-refractivity contribution in [2.75, 3.05) is 13.2 Å². The Bertz CT molecular complexity index is 1030. The number of carbonyl (C=O) groups is 3. The highest BCUT2D eigenvalue weighted by Gasteiger charge is 2.19. The summed E-state index contributed by atoms with van der Waals surface area (Å²) in [6.07, 6.45) is 55.3. The lowest BCUT2D eigenvalue weighted by molar-refractivity contribution is -0.167. The van der Waals surface area contributed by atoms with Crippen molar-refractivity contribution in [3.05, 3.63) is 48.6 Å². The smallest absolute Gasteiger partial charge is 0.306 e. The van der Waals surface area contributed by atoms with Crippen LogP contribution in [0.4, 0.5) is 0 Å². The van der Waals surface area contributed by atoms with E-state index in [0.29, 0.717) is 19.3 Å². The zero-order valence-electron chi connectivity index (χ0n) is 38.3.